The van der Waals surface area contributed by atoms with Crippen LogP contribution in [0, 0.1) is 0 Å². The molecule has 5 rings (SSSR count). The fourth-order valence-electron chi connectivity index (χ4n) is 6.43. The lowest BCUT2D eigenvalue weighted by molar-refractivity contribution is -0.253. The molecule has 4 atom stereocenters. The smallest absolute Gasteiger partial charge is 0.303 e. The number of carboxylic acids is 1. The number of aliphatic hydroxyl groups is 1. The Hall–Kier alpha value is -3.60. The zero-order chi connectivity index (χ0) is 32.3. The fraction of sp³-hybridized carbons (Fsp3) is 0.459. The molecule has 2 saturated heterocycles. The Balaban J connectivity index is 1.28. The molecule has 246 valence electrons. The fourth-order valence-corrected chi connectivity index (χ4v) is 6.43. The van der Waals surface area contributed by atoms with E-state index in [1.165, 1.54) is 0 Å². The summed E-state index contributed by atoms with van der Waals surface area (Å²) in [6, 6.07) is 24.6. The Kier molecular flexibility index (Phi) is 12.3. The SMILES string of the molecule is COCC1CCCN1CC1CC(c2ccc(CO)cc2)OC(c2ccc(-c3ccccc3CNC(=O)CCCCC(=O)O)cc2)O1. The molecule has 2 fully saturated rings. The third kappa shape index (κ3) is 9.24. The summed E-state index contributed by atoms with van der Waals surface area (Å²) in [6.45, 7) is 2.97. The summed E-state index contributed by atoms with van der Waals surface area (Å²) in [5.41, 5.74) is 5.94. The van der Waals surface area contributed by atoms with E-state index in [1.54, 1.807) is 7.11 Å². The number of nitrogens with zero attached hydrogens (tertiary/aromatic N) is 1. The highest BCUT2D eigenvalue weighted by Gasteiger charge is 2.35. The first kappa shape index (κ1) is 33.8. The molecule has 9 nitrogen and oxygen atoms in total. The quantitative estimate of drug-likeness (QED) is 0.182. The van der Waals surface area contributed by atoms with Crippen molar-refractivity contribution in [3.05, 3.63) is 95.1 Å². The summed E-state index contributed by atoms with van der Waals surface area (Å²) in [5, 5.41) is 21.3. The molecule has 3 N–H and O–H groups in total. The van der Waals surface area contributed by atoms with Gasteiger partial charge in [-0.05, 0) is 60.0 Å². The van der Waals surface area contributed by atoms with Crippen molar-refractivity contribution in [2.45, 2.75) is 82.6 Å². The van der Waals surface area contributed by atoms with Gasteiger partial charge in [-0.15, -0.1) is 0 Å². The molecular weight excluding hydrogens is 584 g/mol. The summed E-state index contributed by atoms with van der Waals surface area (Å²) < 4.78 is 18.7. The first-order chi connectivity index (χ1) is 22.4. The van der Waals surface area contributed by atoms with Gasteiger partial charge < -0.3 is 29.7 Å². The van der Waals surface area contributed by atoms with Crippen LogP contribution in [0.25, 0.3) is 11.1 Å². The summed E-state index contributed by atoms with van der Waals surface area (Å²) in [7, 11) is 1.76. The van der Waals surface area contributed by atoms with Gasteiger partial charge in [0.2, 0.25) is 5.91 Å². The minimum absolute atomic E-state index is 0.00641. The predicted molar refractivity (Wildman–Crippen MR) is 175 cm³/mol. The third-order valence-electron chi connectivity index (χ3n) is 8.94. The van der Waals surface area contributed by atoms with Crippen LogP contribution in [-0.4, -0.2) is 65.9 Å². The number of hydrogen-bond donors (Lipinski definition) is 3. The van der Waals surface area contributed by atoms with Gasteiger partial charge in [0, 0.05) is 51.1 Å². The number of carbonyl (C=O) groups is 2. The Bertz CT molecular complexity index is 1410. The van der Waals surface area contributed by atoms with E-state index in [-0.39, 0.29) is 31.1 Å². The van der Waals surface area contributed by atoms with Crippen LogP contribution in [0.1, 0.15) is 79.6 Å². The maximum atomic E-state index is 12.4. The molecule has 9 heteroatoms. The highest BCUT2D eigenvalue weighted by atomic mass is 16.7. The second-order valence-corrected chi connectivity index (χ2v) is 12.3. The molecule has 2 aliphatic rings. The molecule has 0 aromatic heterocycles. The molecule has 2 heterocycles. The standard InChI is InChI=1S/C37H46N2O7/c1-44-25-31-8-6-20-39(31)23-32-21-34(28-14-12-26(24-40)13-15-28)46-37(45-32)29-18-16-27(17-19-29)33-9-3-2-7-30(33)22-38-35(41)10-4-5-11-36(42)43/h2-3,7,9,12-19,31-32,34,37,40H,4-6,8,10-11,20-25H2,1H3,(H,38,41)(H,42,43). The van der Waals surface area contributed by atoms with Crippen LogP contribution in [-0.2, 0) is 37.0 Å². The Labute approximate surface area is 271 Å². The first-order valence-electron chi connectivity index (χ1n) is 16.3. The molecule has 0 bridgehead atoms. The highest BCUT2D eigenvalue weighted by molar-refractivity contribution is 5.76. The monoisotopic (exact) mass is 630 g/mol. The van der Waals surface area contributed by atoms with Crippen molar-refractivity contribution < 1.29 is 34.0 Å². The van der Waals surface area contributed by atoms with E-state index in [0.29, 0.717) is 31.8 Å². The molecule has 0 spiro atoms. The lowest BCUT2D eigenvalue weighted by Gasteiger charge is -2.38. The topological polar surface area (TPSA) is 118 Å². The van der Waals surface area contributed by atoms with Crippen molar-refractivity contribution in [1.82, 2.24) is 10.2 Å². The van der Waals surface area contributed by atoms with Crippen molar-refractivity contribution >= 4 is 11.9 Å². The number of carboxylic acid groups (broad SMARTS) is 1. The minimum Gasteiger partial charge on any atom is -0.481 e. The van der Waals surface area contributed by atoms with Gasteiger partial charge >= 0.3 is 5.97 Å². The summed E-state index contributed by atoms with van der Waals surface area (Å²) in [5.74, 6) is -0.923. The van der Waals surface area contributed by atoms with Gasteiger partial charge in [0.1, 0.15) is 0 Å². The van der Waals surface area contributed by atoms with Crippen LogP contribution < -0.4 is 5.32 Å². The molecule has 0 saturated carbocycles. The number of ether oxygens (including phenoxy) is 3. The number of rotatable bonds is 15. The van der Waals surface area contributed by atoms with Crippen molar-refractivity contribution in [2.75, 3.05) is 26.8 Å². The molecule has 0 aliphatic carbocycles. The lowest BCUT2D eigenvalue weighted by atomic mass is 9.97. The van der Waals surface area contributed by atoms with E-state index < -0.39 is 12.3 Å². The molecule has 46 heavy (non-hydrogen) atoms. The van der Waals surface area contributed by atoms with Crippen molar-refractivity contribution in [3.63, 3.8) is 0 Å². The maximum absolute atomic E-state index is 12.4. The number of methoxy groups -OCH3 is 1. The van der Waals surface area contributed by atoms with Gasteiger partial charge in [-0.3, -0.25) is 14.5 Å². The van der Waals surface area contributed by atoms with E-state index in [4.69, 9.17) is 19.3 Å². The number of aliphatic hydroxyl groups excluding tert-OH is 1. The highest BCUT2D eigenvalue weighted by Crippen LogP contribution is 2.39. The van der Waals surface area contributed by atoms with Crippen molar-refractivity contribution in [3.8, 4) is 11.1 Å². The van der Waals surface area contributed by atoms with Crippen LogP contribution in [0.2, 0.25) is 0 Å². The zero-order valence-electron chi connectivity index (χ0n) is 26.6. The minimum atomic E-state index is -0.840. The normalized spacial score (nSPS) is 21.7. The summed E-state index contributed by atoms with van der Waals surface area (Å²) >= 11 is 0. The number of aliphatic carboxylic acids is 1. The van der Waals surface area contributed by atoms with Gasteiger partial charge in [0.15, 0.2) is 6.29 Å². The second-order valence-electron chi connectivity index (χ2n) is 12.3. The van der Waals surface area contributed by atoms with E-state index >= 15 is 0 Å². The molecule has 0 radical (unpaired) electrons. The number of amides is 1. The van der Waals surface area contributed by atoms with Gasteiger partial charge in [0.05, 0.1) is 25.4 Å². The average molecular weight is 631 g/mol. The number of likely N-dealkylation sites (tertiary alicyclic amines) is 1. The average Bonchev–Trinajstić information content (AvgIpc) is 3.52. The summed E-state index contributed by atoms with van der Waals surface area (Å²) in [4.78, 5) is 25.6. The first-order valence-corrected chi connectivity index (χ1v) is 16.3. The predicted octanol–water partition coefficient (Wildman–Crippen LogP) is 5.76. The van der Waals surface area contributed by atoms with Crippen molar-refractivity contribution in [1.29, 1.82) is 0 Å². The Morgan fingerprint density at radius 1 is 0.957 bits per heavy atom. The van der Waals surface area contributed by atoms with Crippen molar-refractivity contribution in [2.24, 2.45) is 0 Å². The van der Waals surface area contributed by atoms with E-state index in [0.717, 1.165) is 72.3 Å². The lowest BCUT2D eigenvalue weighted by Crippen LogP contribution is -2.42. The number of benzene rings is 3. The number of hydrogen-bond acceptors (Lipinski definition) is 7. The molecule has 3 aromatic rings. The van der Waals surface area contributed by atoms with Crippen LogP contribution >= 0.6 is 0 Å². The molecule has 3 aromatic carbocycles. The van der Waals surface area contributed by atoms with Gasteiger partial charge in [-0.25, -0.2) is 0 Å². The van der Waals surface area contributed by atoms with Crippen LogP contribution in [0.4, 0.5) is 0 Å². The Morgan fingerprint density at radius 2 is 1.70 bits per heavy atom. The Morgan fingerprint density at radius 3 is 2.43 bits per heavy atom. The van der Waals surface area contributed by atoms with Gasteiger partial charge in [-0.1, -0.05) is 72.8 Å². The third-order valence-corrected chi connectivity index (χ3v) is 8.94. The molecule has 2 aliphatic heterocycles. The van der Waals surface area contributed by atoms with Gasteiger partial charge in [-0.2, -0.15) is 0 Å². The number of nitrogens with one attached hydrogen (secondary N) is 1. The number of carbonyl (C=O) groups excluding carboxylic acids is 1. The number of unbranched alkanes of at least 4 members (excludes halogenated alkanes) is 1. The molecule has 1 amide bonds. The summed E-state index contributed by atoms with van der Waals surface area (Å²) in [6.07, 6.45) is 3.76. The van der Waals surface area contributed by atoms with Crippen LogP contribution in [0.15, 0.2) is 72.8 Å². The van der Waals surface area contributed by atoms with Crippen LogP contribution in [0.5, 0.6) is 0 Å². The van der Waals surface area contributed by atoms with E-state index in [1.807, 2.05) is 48.5 Å². The largest absolute Gasteiger partial charge is 0.481 e. The second kappa shape index (κ2) is 16.8. The zero-order valence-corrected chi connectivity index (χ0v) is 26.6. The van der Waals surface area contributed by atoms with Crippen LogP contribution in [0.3, 0.4) is 0 Å². The maximum Gasteiger partial charge on any atom is 0.303 e. The van der Waals surface area contributed by atoms with E-state index in [2.05, 4.69) is 34.5 Å². The van der Waals surface area contributed by atoms with E-state index in [9.17, 15) is 14.7 Å². The van der Waals surface area contributed by atoms with Gasteiger partial charge in [0.25, 0.3) is 0 Å². The molecule has 4 unspecified atom stereocenters. The molecular formula is C37H46N2O7.